The summed E-state index contributed by atoms with van der Waals surface area (Å²) in [6, 6.07) is 1.92. The maximum atomic E-state index is 11.7. The maximum Gasteiger partial charge on any atom is 0.241 e. The number of carbonyl (C=O) groups is 1. The van der Waals surface area contributed by atoms with Crippen molar-refractivity contribution in [3.63, 3.8) is 0 Å². The highest BCUT2D eigenvalue weighted by molar-refractivity contribution is 5.80. The summed E-state index contributed by atoms with van der Waals surface area (Å²) in [6.45, 7) is 5.30. The number of hydrogen-bond acceptors (Lipinski definition) is 5. The van der Waals surface area contributed by atoms with Gasteiger partial charge in [-0.3, -0.25) is 4.79 Å². The molecule has 0 saturated heterocycles. The van der Waals surface area contributed by atoms with Gasteiger partial charge in [-0.25, -0.2) is 9.97 Å². The van der Waals surface area contributed by atoms with Crippen molar-refractivity contribution in [2.45, 2.75) is 13.8 Å². The number of hydrogen-bond donors (Lipinski definition) is 1. The van der Waals surface area contributed by atoms with E-state index in [4.69, 9.17) is 5.26 Å². The zero-order valence-corrected chi connectivity index (χ0v) is 9.97. The van der Waals surface area contributed by atoms with Gasteiger partial charge in [0, 0.05) is 25.5 Å². The molecule has 6 heteroatoms. The van der Waals surface area contributed by atoms with Gasteiger partial charge in [-0.05, 0) is 13.8 Å². The minimum Gasteiger partial charge on any atom is -0.359 e. The van der Waals surface area contributed by atoms with E-state index in [2.05, 4.69) is 15.3 Å². The first-order chi connectivity index (χ1) is 8.22. The Bertz CT molecular complexity index is 422. The first-order valence-corrected chi connectivity index (χ1v) is 5.45. The van der Waals surface area contributed by atoms with Gasteiger partial charge in [-0.15, -0.1) is 0 Å². The van der Waals surface area contributed by atoms with Crippen molar-refractivity contribution in [2.24, 2.45) is 0 Å². The molecule has 0 aromatic carbocycles. The molecule has 0 unspecified atom stereocenters. The van der Waals surface area contributed by atoms with Gasteiger partial charge < -0.3 is 10.2 Å². The molecular formula is C11H15N5O. The third-order valence-electron chi connectivity index (χ3n) is 2.33. The topological polar surface area (TPSA) is 81.9 Å². The van der Waals surface area contributed by atoms with Crippen LogP contribution in [0.4, 0.5) is 5.82 Å². The van der Waals surface area contributed by atoms with Crippen LogP contribution in [0.1, 0.15) is 19.5 Å². The summed E-state index contributed by atoms with van der Waals surface area (Å²) in [5.74, 6) is 0.319. The van der Waals surface area contributed by atoms with Gasteiger partial charge in [0.25, 0.3) is 0 Å². The van der Waals surface area contributed by atoms with Crippen LogP contribution in [0.3, 0.4) is 0 Å². The molecule has 0 spiro atoms. The average molecular weight is 233 g/mol. The molecule has 90 valence electrons. The minimum atomic E-state index is -0.0236. The Labute approximate surface area is 100 Å². The number of nitriles is 1. The predicted octanol–water partition coefficient (Wildman–Crippen LogP) is 0.629. The molecule has 6 nitrogen and oxygen atoms in total. The highest BCUT2D eigenvalue weighted by Gasteiger charge is 2.10. The minimum absolute atomic E-state index is 0.0236. The van der Waals surface area contributed by atoms with Crippen LogP contribution < -0.4 is 5.32 Å². The van der Waals surface area contributed by atoms with Crippen molar-refractivity contribution in [2.75, 3.05) is 25.0 Å². The third-order valence-corrected chi connectivity index (χ3v) is 2.33. The van der Waals surface area contributed by atoms with Crippen molar-refractivity contribution in [3.05, 3.63) is 18.1 Å². The van der Waals surface area contributed by atoms with Crippen LogP contribution >= 0.6 is 0 Å². The van der Waals surface area contributed by atoms with Gasteiger partial charge >= 0.3 is 0 Å². The second-order valence-electron chi connectivity index (χ2n) is 3.28. The molecule has 0 aliphatic rings. The lowest BCUT2D eigenvalue weighted by Crippen LogP contribution is -2.35. The summed E-state index contributed by atoms with van der Waals surface area (Å²) in [6.07, 6.45) is 2.92. The van der Waals surface area contributed by atoms with Crippen LogP contribution in [0.2, 0.25) is 0 Å². The van der Waals surface area contributed by atoms with Crippen LogP contribution in [0.15, 0.2) is 12.4 Å². The van der Waals surface area contributed by atoms with Crippen molar-refractivity contribution in [3.8, 4) is 6.07 Å². The Morgan fingerprint density at radius 3 is 2.65 bits per heavy atom. The monoisotopic (exact) mass is 233 g/mol. The first kappa shape index (κ1) is 12.9. The van der Waals surface area contributed by atoms with Crippen molar-refractivity contribution < 1.29 is 4.79 Å². The quantitative estimate of drug-likeness (QED) is 0.806. The SMILES string of the molecule is CCN(CC)C(=O)CNc1nccnc1C#N. The molecule has 0 fully saturated rings. The molecule has 1 aromatic heterocycles. The van der Waals surface area contributed by atoms with E-state index in [0.29, 0.717) is 18.9 Å². The third kappa shape index (κ3) is 3.41. The van der Waals surface area contributed by atoms with Gasteiger partial charge in [0.1, 0.15) is 6.07 Å². The number of carbonyl (C=O) groups excluding carboxylic acids is 1. The molecule has 1 N–H and O–H groups in total. The largest absolute Gasteiger partial charge is 0.359 e. The fourth-order valence-electron chi connectivity index (χ4n) is 1.40. The smallest absolute Gasteiger partial charge is 0.241 e. The van der Waals surface area contributed by atoms with Gasteiger partial charge in [-0.2, -0.15) is 5.26 Å². The van der Waals surface area contributed by atoms with E-state index in [0.717, 1.165) is 0 Å². The summed E-state index contributed by atoms with van der Waals surface area (Å²) >= 11 is 0. The number of anilines is 1. The van der Waals surface area contributed by atoms with Gasteiger partial charge in [0.2, 0.25) is 5.91 Å². The first-order valence-electron chi connectivity index (χ1n) is 5.45. The van der Waals surface area contributed by atoms with Crippen LogP contribution in [0.25, 0.3) is 0 Å². The highest BCUT2D eigenvalue weighted by atomic mass is 16.2. The Balaban J connectivity index is 2.62. The average Bonchev–Trinajstić information content (AvgIpc) is 2.38. The number of nitrogens with one attached hydrogen (secondary N) is 1. The number of rotatable bonds is 5. The van der Waals surface area contributed by atoms with E-state index in [1.54, 1.807) is 4.90 Å². The van der Waals surface area contributed by atoms with E-state index in [1.807, 2.05) is 19.9 Å². The Kier molecular flexibility index (Phi) is 4.88. The van der Waals surface area contributed by atoms with Crippen molar-refractivity contribution in [1.29, 1.82) is 5.26 Å². The van der Waals surface area contributed by atoms with E-state index in [1.165, 1.54) is 12.4 Å². The molecular weight excluding hydrogens is 218 g/mol. The van der Waals surface area contributed by atoms with Crippen LogP contribution in [0, 0.1) is 11.3 Å². The summed E-state index contributed by atoms with van der Waals surface area (Å²) in [5.41, 5.74) is 0.194. The molecule has 1 rings (SSSR count). The Hall–Kier alpha value is -2.16. The lowest BCUT2D eigenvalue weighted by Gasteiger charge is -2.18. The summed E-state index contributed by atoms with van der Waals surface area (Å²) in [4.78, 5) is 21.2. The number of nitrogens with zero attached hydrogens (tertiary/aromatic N) is 4. The normalized spacial score (nSPS) is 9.47. The molecule has 0 bridgehead atoms. The van der Waals surface area contributed by atoms with E-state index in [-0.39, 0.29) is 18.1 Å². The van der Waals surface area contributed by atoms with E-state index in [9.17, 15) is 4.79 Å². The zero-order valence-electron chi connectivity index (χ0n) is 9.97. The zero-order chi connectivity index (χ0) is 12.7. The summed E-state index contributed by atoms with van der Waals surface area (Å²) in [5, 5.41) is 11.6. The number of aromatic nitrogens is 2. The molecule has 0 atom stereocenters. The van der Waals surface area contributed by atoms with Gasteiger partial charge in [0.05, 0.1) is 6.54 Å². The summed E-state index contributed by atoms with van der Waals surface area (Å²) in [7, 11) is 0. The standard InChI is InChI=1S/C11H15N5O/c1-3-16(4-2)10(17)8-15-11-9(7-12)13-5-6-14-11/h5-6H,3-4,8H2,1-2H3,(H,14,15). The van der Waals surface area contributed by atoms with Gasteiger partial charge in [-0.1, -0.05) is 0 Å². The van der Waals surface area contributed by atoms with Crippen molar-refractivity contribution >= 4 is 11.7 Å². The molecule has 1 heterocycles. The molecule has 0 aliphatic heterocycles. The Morgan fingerprint density at radius 1 is 1.41 bits per heavy atom. The Morgan fingerprint density at radius 2 is 2.06 bits per heavy atom. The van der Waals surface area contributed by atoms with Gasteiger partial charge in [0.15, 0.2) is 11.5 Å². The number of likely N-dealkylation sites (N-methyl/N-ethyl adjacent to an activating group) is 1. The highest BCUT2D eigenvalue weighted by Crippen LogP contribution is 2.05. The van der Waals surface area contributed by atoms with E-state index < -0.39 is 0 Å². The maximum absolute atomic E-state index is 11.7. The predicted molar refractivity (Wildman–Crippen MR) is 63.2 cm³/mol. The lowest BCUT2D eigenvalue weighted by molar-refractivity contribution is -0.128. The fraction of sp³-hybridized carbons (Fsp3) is 0.455. The molecule has 1 aromatic rings. The lowest BCUT2D eigenvalue weighted by atomic mass is 10.4. The van der Waals surface area contributed by atoms with Crippen molar-refractivity contribution in [1.82, 2.24) is 14.9 Å². The molecule has 0 saturated carbocycles. The molecule has 17 heavy (non-hydrogen) atoms. The fourth-order valence-corrected chi connectivity index (χ4v) is 1.40. The summed E-state index contributed by atoms with van der Waals surface area (Å²) < 4.78 is 0. The molecule has 1 amide bonds. The second kappa shape index (κ2) is 6.43. The second-order valence-corrected chi connectivity index (χ2v) is 3.28. The van der Waals surface area contributed by atoms with Crippen LogP contribution in [0.5, 0.6) is 0 Å². The molecule has 0 radical (unpaired) electrons. The van der Waals surface area contributed by atoms with E-state index >= 15 is 0 Å². The molecule has 0 aliphatic carbocycles. The van der Waals surface area contributed by atoms with Crippen LogP contribution in [-0.2, 0) is 4.79 Å². The van der Waals surface area contributed by atoms with Crippen LogP contribution in [-0.4, -0.2) is 40.4 Å². The number of amides is 1.